The molecule has 0 radical (unpaired) electrons. The van der Waals surface area contributed by atoms with Crippen molar-refractivity contribution in [2.75, 3.05) is 23.7 Å². The van der Waals surface area contributed by atoms with E-state index in [0.717, 1.165) is 31.9 Å². The molecular formula is C15H22BF4N3O3S. The van der Waals surface area contributed by atoms with Crippen LogP contribution in [0.4, 0.5) is 28.6 Å². The van der Waals surface area contributed by atoms with Gasteiger partial charge in [0.15, 0.2) is 4.98 Å². The molecule has 1 rings (SSSR count). The Morgan fingerprint density at radius 1 is 1.15 bits per heavy atom. The van der Waals surface area contributed by atoms with Crippen molar-refractivity contribution in [3.63, 3.8) is 0 Å². The lowest BCUT2D eigenvalue weighted by molar-refractivity contribution is 0.283. The van der Waals surface area contributed by atoms with Crippen molar-refractivity contribution in [3.05, 3.63) is 41.4 Å². The molecule has 0 saturated heterocycles. The summed E-state index contributed by atoms with van der Waals surface area (Å²) in [5.41, 5.74) is 0.557. The molecule has 0 amide bonds. The van der Waals surface area contributed by atoms with Crippen LogP contribution in [0.15, 0.2) is 36.4 Å². The number of hydrogen-bond donors (Lipinski definition) is 1. The Hall–Kier alpha value is -2.13. The van der Waals surface area contributed by atoms with Crippen LogP contribution in [0.3, 0.4) is 0 Å². The van der Waals surface area contributed by atoms with Crippen LogP contribution in [0.2, 0.25) is 0 Å². The average Bonchev–Trinajstić information content (AvgIpc) is 2.55. The molecule has 0 saturated carbocycles. The molecule has 0 unspecified atom stereocenters. The lowest BCUT2D eigenvalue weighted by atomic mass is 10.2. The number of unbranched alkanes of at least 4 members (excludes halogenated alkanes) is 3. The van der Waals surface area contributed by atoms with E-state index in [1.807, 2.05) is 6.08 Å². The van der Waals surface area contributed by atoms with E-state index in [9.17, 15) is 25.7 Å². The van der Waals surface area contributed by atoms with Gasteiger partial charge < -0.3 is 22.4 Å². The van der Waals surface area contributed by atoms with Crippen LogP contribution in [-0.2, 0) is 10.0 Å². The maximum atomic E-state index is 11.9. The Bertz CT molecular complexity index is 731. The van der Waals surface area contributed by atoms with Gasteiger partial charge in [0.05, 0.1) is 12.8 Å². The van der Waals surface area contributed by atoms with E-state index in [-0.39, 0.29) is 18.8 Å². The predicted molar refractivity (Wildman–Crippen MR) is 98.3 cm³/mol. The average molecular weight is 411 g/mol. The van der Waals surface area contributed by atoms with Gasteiger partial charge >= 0.3 is 12.9 Å². The molecule has 1 aromatic rings. The number of allylic oxidation sites excluding steroid dienone is 1. The second-order valence-corrected chi connectivity index (χ2v) is 7.33. The molecule has 0 aliphatic carbocycles. The van der Waals surface area contributed by atoms with Gasteiger partial charge in [-0.3, -0.25) is 4.31 Å². The lowest BCUT2D eigenvalue weighted by Crippen LogP contribution is -2.30. The minimum Gasteiger partial charge on any atom is -0.418 e. The summed E-state index contributed by atoms with van der Waals surface area (Å²) in [7, 11) is -9.47. The highest BCUT2D eigenvalue weighted by Gasteiger charge is 2.24. The second kappa shape index (κ2) is 12.3. The highest BCUT2D eigenvalue weighted by atomic mass is 32.2. The standard InChI is InChI=1S/C15H22N3O3S.BF4/c1-22(20,21)18(12-8-4-2-3-5-9-13-19)15-11-7-6-10-14(15)17-16;2-1(3,4)5/h4,6-8,10-11,19H,2-3,5,9,12-13H2,1H3;/q+1;-1/b8-4+;. The summed E-state index contributed by atoms with van der Waals surface area (Å²) >= 11 is 0. The van der Waals surface area contributed by atoms with Gasteiger partial charge in [0.1, 0.15) is 5.69 Å². The largest absolute Gasteiger partial charge is 0.673 e. The van der Waals surface area contributed by atoms with E-state index in [0.29, 0.717) is 5.69 Å². The molecule has 27 heavy (non-hydrogen) atoms. The van der Waals surface area contributed by atoms with Gasteiger partial charge in [0.2, 0.25) is 15.4 Å². The third kappa shape index (κ3) is 12.8. The quantitative estimate of drug-likeness (QED) is 0.215. The number of para-hydroxylation sites is 1. The fourth-order valence-corrected chi connectivity index (χ4v) is 2.88. The zero-order valence-corrected chi connectivity index (χ0v) is 15.6. The molecule has 0 atom stereocenters. The van der Waals surface area contributed by atoms with Crippen molar-refractivity contribution in [2.24, 2.45) is 0 Å². The number of nitrogens with zero attached hydrogens (tertiary/aromatic N) is 3. The first kappa shape index (κ1) is 24.9. The molecule has 1 aromatic carbocycles. The first-order chi connectivity index (χ1) is 12.5. The summed E-state index contributed by atoms with van der Waals surface area (Å²) in [6, 6.07) is 6.52. The molecule has 6 nitrogen and oxygen atoms in total. The van der Waals surface area contributed by atoms with E-state index >= 15 is 0 Å². The van der Waals surface area contributed by atoms with E-state index in [1.54, 1.807) is 30.3 Å². The number of sulfonamides is 1. The third-order valence-electron chi connectivity index (χ3n) is 3.13. The topological polar surface area (TPSA) is 85.8 Å². The number of hydrogen-bond acceptors (Lipinski definition) is 4. The summed E-state index contributed by atoms with van der Waals surface area (Å²) in [6.07, 6.45) is 8.36. The number of diazo groups is 1. The molecule has 0 bridgehead atoms. The van der Waals surface area contributed by atoms with E-state index < -0.39 is 17.3 Å². The molecule has 0 aliphatic heterocycles. The normalized spacial score (nSPS) is 11.6. The highest BCUT2D eigenvalue weighted by molar-refractivity contribution is 7.92. The van der Waals surface area contributed by atoms with Crippen molar-refractivity contribution in [1.82, 2.24) is 0 Å². The summed E-state index contributed by atoms with van der Waals surface area (Å²) in [6.45, 7) is 0.387. The number of rotatable bonds is 9. The Labute approximate surface area is 156 Å². The molecule has 0 aromatic heterocycles. The van der Waals surface area contributed by atoms with Crippen molar-refractivity contribution >= 4 is 28.7 Å². The highest BCUT2D eigenvalue weighted by Crippen LogP contribution is 2.29. The van der Waals surface area contributed by atoms with Crippen LogP contribution in [0, 0.1) is 5.39 Å². The maximum absolute atomic E-state index is 11.9. The Kier molecular flexibility index (Phi) is 11.3. The molecule has 152 valence electrons. The summed E-state index contributed by atoms with van der Waals surface area (Å²) in [5, 5.41) is 17.7. The summed E-state index contributed by atoms with van der Waals surface area (Å²) < 4.78 is 64.1. The van der Waals surface area contributed by atoms with Crippen molar-refractivity contribution in [3.8, 4) is 0 Å². The summed E-state index contributed by atoms with van der Waals surface area (Å²) in [4.78, 5) is 3.13. The van der Waals surface area contributed by atoms with Gasteiger partial charge in [-0.25, -0.2) is 8.42 Å². The first-order valence-electron chi connectivity index (χ1n) is 8.05. The Morgan fingerprint density at radius 2 is 1.74 bits per heavy atom. The van der Waals surface area contributed by atoms with Gasteiger partial charge in [0.25, 0.3) is 0 Å². The number of anilines is 1. The Balaban J connectivity index is 0.00000119. The molecule has 12 heteroatoms. The maximum Gasteiger partial charge on any atom is 0.673 e. The van der Waals surface area contributed by atoms with E-state index in [1.165, 1.54) is 4.31 Å². The van der Waals surface area contributed by atoms with Gasteiger partial charge in [-0.2, -0.15) is 0 Å². The van der Waals surface area contributed by atoms with Gasteiger partial charge in [-0.15, -0.1) is 0 Å². The lowest BCUT2D eigenvalue weighted by Gasteiger charge is -2.18. The minimum atomic E-state index is -6.00. The van der Waals surface area contributed by atoms with E-state index in [2.05, 4.69) is 4.98 Å². The number of halogens is 4. The summed E-state index contributed by atoms with van der Waals surface area (Å²) in [5.74, 6) is 0. The zero-order chi connectivity index (χ0) is 20.9. The molecule has 0 heterocycles. The van der Waals surface area contributed by atoms with E-state index in [4.69, 9.17) is 10.5 Å². The predicted octanol–water partition coefficient (Wildman–Crippen LogP) is 4.35. The molecular weight excluding hydrogens is 389 g/mol. The zero-order valence-electron chi connectivity index (χ0n) is 14.8. The third-order valence-corrected chi connectivity index (χ3v) is 4.27. The number of aliphatic hydroxyl groups excluding tert-OH is 1. The van der Waals surface area contributed by atoms with Crippen LogP contribution in [0.25, 0.3) is 4.98 Å². The SMILES string of the molecule is CS(=O)(=O)N(C/C=C/CCCCCO)c1ccccc1[N+]#N.F[B-](F)(F)F. The molecule has 0 aliphatic rings. The van der Waals surface area contributed by atoms with Crippen molar-refractivity contribution in [2.45, 2.75) is 25.7 Å². The van der Waals surface area contributed by atoms with Crippen LogP contribution in [-0.4, -0.2) is 40.2 Å². The van der Waals surface area contributed by atoms with Crippen molar-refractivity contribution in [1.29, 1.82) is 5.39 Å². The molecule has 1 N–H and O–H groups in total. The van der Waals surface area contributed by atoms with Crippen LogP contribution < -0.4 is 4.31 Å². The minimum absolute atomic E-state index is 0.186. The molecule has 0 fully saturated rings. The van der Waals surface area contributed by atoms with Gasteiger partial charge in [0, 0.05) is 12.7 Å². The van der Waals surface area contributed by atoms with Crippen LogP contribution in [0.5, 0.6) is 0 Å². The van der Waals surface area contributed by atoms with Crippen LogP contribution in [0.1, 0.15) is 25.7 Å². The van der Waals surface area contributed by atoms with Gasteiger partial charge in [-0.1, -0.05) is 30.7 Å². The first-order valence-corrected chi connectivity index (χ1v) is 9.90. The number of aliphatic hydroxyl groups is 1. The smallest absolute Gasteiger partial charge is 0.418 e. The fraction of sp³-hybridized carbons (Fsp3) is 0.467. The van der Waals surface area contributed by atoms with Gasteiger partial charge in [-0.05, 0) is 25.3 Å². The molecule has 0 spiro atoms. The fourth-order valence-electron chi connectivity index (χ4n) is 2.01. The van der Waals surface area contributed by atoms with Crippen molar-refractivity contribution < 1.29 is 30.8 Å². The van der Waals surface area contributed by atoms with Crippen LogP contribution >= 0.6 is 0 Å². The number of benzene rings is 1. The second-order valence-electron chi connectivity index (χ2n) is 5.42. The Morgan fingerprint density at radius 3 is 2.26 bits per heavy atom. The monoisotopic (exact) mass is 411 g/mol.